The lowest BCUT2D eigenvalue weighted by Crippen LogP contribution is -2.10. The zero-order valence-electron chi connectivity index (χ0n) is 7.69. The van der Waals surface area contributed by atoms with E-state index >= 15 is 0 Å². The third kappa shape index (κ3) is 1.93. The third-order valence-electron chi connectivity index (χ3n) is 2.39. The lowest BCUT2D eigenvalue weighted by atomic mass is 10.1. The number of hydrogen-bond donors (Lipinski definition) is 2. The SMILES string of the molecule is O=C(O)c1cnc(CC2CCNC2)o1. The maximum absolute atomic E-state index is 10.5. The smallest absolute Gasteiger partial charge is 0.373 e. The summed E-state index contributed by atoms with van der Waals surface area (Å²) < 4.78 is 5.07. The molecule has 1 aromatic heterocycles. The minimum Gasteiger partial charge on any atom is -0.475 e. The normalized spacial score (nSPS) is 21.3. The Hall–Kier alpha value is -1.36. The molecule has 1 aliphatic rings. The summed E-state index contributed by atoms with van der Waals surface area (Å²) >= 11 is 0. The molecule has 0 spiro atoms. The van der Waals surface area contributed by atoms with Crippen molar-refractivity contribution in [3.63, 3.8) is 0 Å². The molecule has 0 saturated carbocycles. The average molecular weight is 196 g/mol. The molecule has 0 aromatic carbocycles. The molecule has 14 heavy (non-hydrogen) atoms. The summed E-state index contributed by atoms with van der Waals surface area (Å²) in [5, 5.41) is 11.8. The van der Waals surface area contributed by atoms with E-state index in [-0.39, 0.29) is 5.76 Å². The fourth-order valence-corrected chi connectivity index (χ4v) is 1.64. The molecule has 2 heterocycles. The van der Waals surface area contributed by atoms with Crippen molar-refractivity contribution in [1.29, 1.82) is 0 Å². The highest BCUT2D eigenvalue weighted by Gasteiger charge is 2.18. The molecule has 2 N–H and O–H groups in total. The maximum atomic E-state index is 10.5. The van der Waals surface area contributed by atoms with E-state index in [0.29, 0.717) is 11.8 Å². The van der Waals surface area contributed by atoms with Gasteiger partial charge < -0.3 is 14.8 Å². The molecule has 2 rings (SSSR count). The van der Waals surface area contributed by atoms with Crippen molar-refractivity contribution >= 4 is 5.97 Å². The number of hydrogen-bond acceptors (Lipinski definition) is 4. The molecule has 1 aromatic rings. The molecule has 0 aliphatic carbocycles. The van der Waals surface area contributed by atoms with Gasteiger partial charge in [-0.15, -0.1) is 0 Å². The number of aromatic carboxylic acids is 1. The zero-order chi connectivity index (χ0) is 9.97. The van der Waals surface area contributed by atoms with E-state index in [9.17, 15) is 4.79 Å². The number of aromatic nitrogens is 1. The molecule has 76 valence electrons. The average Bonchev–Trinajstić information content (AvgIpc) is 2.75. The van der Waals surface area contributed by atoms with Crippen LogP contribution in [0.25, 0.3) is 0 Å². The number of rotatable bonds is 3. The van der Waals surface area contributed by atoms with Crippen LogP contribution in [0.15, 0.2) is 10.6 Å². The molecule has 1 saturated heterocycles. The van der Waals surface area contributed by atoms with Crippen LogP contribution >= 0.6 is 0 Å². The summed E-state index contributed by atoms with van der Waals surface area (Å²) in [5.41, 5.74) is 0. The lowest BCUT2D eigenvalue weighted by Gasteiger charge is -2.02. The molecule has 1 aliphatic heterocycles. The quantitative estimate of drug-likeness (QED) is 0.737. The standard InChI is InChI=1S/C9H12N2O3/c12-9(13)7-5-11-8(14-7)3-6-1-2-10-4-6/h5-6,10H,1-4H2,(H,12,13). The number of nitrogens with zero attached hydrogens (tertiary/aromatic N) is 1. The molecule has 5 nitrogen and oxygen atoms in total. The van der Waals surface area contributed by atoms with Gasteiger partial charge in [-0.05, 0) is 25.4 Å². The summed E-state index contributed by atoms with van der Waals surface area (Å²) in [5.74, 6) is -0.0920. The van der Waals surface area contributed by atoms with Gasteiger partial charge in [-0.3, -0.25) is 0 Å². The second kappa shape index (κ2) is 3.79. The van der Waals surface area contributed by atoms with Gasteiger partial charge in [0, 0.05) is 6.42 Å². The summed E-state index contributed by atoms with van der Waals surface area (Å²) in [6.45, 7) is 1.99. The fourth-order valence-electron chi connectivity index (χ4n) is 1.64. The van der Waals surface area contributed by atoms with E-state index < -0.39 is 5.97 Å². The second-order valence-corrected chi connectivity index (χ2v) is 3.49. The van der Waals surface area contributed by atoms with Crippen LogP contribution in [-0.4, -0.2) is 29.1 Å². The van der Waals surface area contributed by atoms with Gasteiger partial charge in [-0.1, -0.05) is 0 Å². The van der Waals surface area contributed by atoms with Crippen LogP contribution < -0.4 is 5.32 Å². The number of carbonyl (C=O) groups is 1. The van der Waals surface area contributed by atoms with E-state index in [1.807, 2.05) is 0 Å². The first kappa shape index (κ1) is 9.21. The van der Waals surface area contributed by atoms with Crippen molar-refractivity contribution in [1.82, 2.24) is 10.3 Å². The van der Waals surface area contributed by atoms with E-state index in [1.165, 1.54) is 6.20 Å². The highest BCUT2D eigenvalue weighted by atomic mass is 16.4. The van der Waals surface area contributed by atoms with Gasteiger partial charge in [0.2, 0.25) is 5.76 Å². The summed E-state index contributed by atoms with van der Waals surface area (Å²) in [6, 6.07) is 0. The molecule has 5 heteroatoms. The zero-order valence-corrected chi connectivity index (χ0v) is 7.69. The lowest BCUT2D eigenvalue weighted by molar-refractivity contribution is 0.0660. The molecule has 1 atom stereocenters. The first-order valence-electron chi connectivity index (χ1n) is 4.64. The largest absolute Gasteiger partial charge is 0.475 e. The van der Waals surface area contributed by atoms with Crippen LogP contribution in [-0.2, 0) is 6.42 Å². The molecule has 1 unspecified atom stereocenters. The van der Waals surface area contributed by atoms with Crippen molar-refractivity contribution < 1.29 is 14.3 Å². The Labute approximate surface area is 81.1 Å². The van der Waals surface area contributed by atoms with Crippen molar-refractivity contribution in [3.8, 4) is 0 Å². The van der Waals surface area contributed by atoms with Crippen molar-refractivity contribution in [3.05, 3.63) is 17.8 Å². The van der Waals surface area contributed by atoms with Gasteiger partial charge in [0.15, 0.2) is 5.89 Å². The summed E-state index contributed by atoms with van der Waals surface area (Å²) in [4.78, 5) is 14.4. The second-order valence-electron chi connectivity index (χ2n) is 3.49. The molecular weight excluding hydrogens is 184 g/mol. The van der Waals surface area contributed by atoms with E-state index in [0.717, 1.165) is 25.9 Å². The molecule has 0 bridgehead atoms. The first-order chi connectivity index (χ1) is 6.75. The van der Waals surface area contributed by atoms with Crippen molar-refractivity contribution in [2.24, 2.45) is 5.92 Å². The minimum absolute atomic E-state index is 0.0778. The van der Waals surface area contributed by atoms with Crippen LogP contribution in [0.2, 0.25) is 0 Å². The Balaban J connectivity index is 1.98. The maximum Gasteiger partial charge on any atom is 0.373 e. The number of nitrogens with one attached hydrogen (secondary N) is 1. The number of carboxylic acid groups (broad SMARTS) is 1. The Morgan fingerprint density at radius 2 is 2.64 bits per heavy atom. The highest BCUT2D eigenvalue weighted by Crippen LogP contribution is 2.15. The number of oxazole rings is 1. The summed E-state index contributed by atoms with van der Waals surface area (Å²) in [7, 11) is 0. The van der Waals surface area contributed by atoms with Gasteiger partial charge >= 0.3 is 5.97 Å². The molecule has 1 fully saturated rings. The van der Waals surface area contributed by atoms with Crippen molar-refractivity contribution in [2.45, 2.75) is 12.8 Å². The molecule has 0 radical (unpaired) electrons. The fraction of sp³-hybridized carbons (Fsp3) is 0.556. The van der Waals surface area contributed by atoms with Crippen LogP contribution in [0, 0.1) is 5.92 Å². The molecular formula is C9H12N2O3. The van der Waals surface area contributed by atoms with Gasteiger partial charge in [0.25, 0.3) is 0 Å². The van der Waals surface area contributed by atoms with Gasteiger partial charge in [-0.2, -0.15) is 0 Å². The minimum atomic E-state index is -1.06. The Kier molecular flexibility index (Phi) is 2.49. The summed E-state index contributed by atoms with van der Waals surface area (Å²) in [6.07, 6.45) is 3.09. The Morgan fingerprint density at radius 1 is 1.79 bits per heavy atom. The van der Waals surface area contributed by atoms with Crippen LogP contribution in [0.4, 0.5) is 0 Å². The van der Waals surface area contributed by atoms with E-state index in [2.05, 4.69) is 10.3 Å². The van der Waals surface area contributed by atoms with Crippen molar-refractivity contribution in [2.75, 3.05) is 13.1 Å². The third-order valence-corrected chi connectivity index (χ3v) is 2.39. The van der Waals surface area contributed by atoms with Gasteiger partial charge in [-0.25, -0.2) is 9.78 Å². The highest BCUT2D eigenvalue weighted by molar-refractivity contribution is 5.83. The van der Waals surface area contributed by atoms with Crippen LogP contribution in [0.5, 0.6) is 0 Å². The molecule has 0 amide bonds. The van der Waals surface area contributed by atoms with Crippen LogP contribution in [0.1, 0.15) is 22.9 Å². The monoisotopic (exact) mass is 196 g/mol. The Bertz CT molecular complexity index is 329. The topological polar surface area (TPSA) is 75.4 Å². The van der Waals surface area contributed by atoms with E-state index in [1.54, 1.807) is 0 Å². The van der Waals surface area contributed by atoms with Gasteiger partial charge in [0.05, 0.1) is 6.20 Å². The predicted octanol–water partition coefficient (Wildman–Crippen LogP) is 0.525. The van der Waals surface area contributed by atoms with Crippen LogP contribution in [0.3, 0.4) is 0 Å². The van der Waals surface area contributed by atoms with Gasteiger partial charge in [0.1, 0.15) is 0 Å². The number of carboxylic acids is 1. The first-order valence-corrected chi connectivity index (χ1v) is 4.64. The Morgan fingerprint density at radius 3 is 3.21 bits per heavy atom. The predicted molar refractivity (Wildman–Crippen MR) is 48.1 cm³/mol. The van der Waals surface area contributed by atoms with E-state index in [4.69, 9.17) is 9.52 Å².